The zero-order valence-electron chi connectivity index (χ0n) is 10.2. The number of nitrogens with zero attached hydrogens (tertiary/aromatic N) is 1. The van der Waals surface area contributed by atoms with Crippen LogP contribution >= 0.6 is 0 Å². The summed E-state index contributed by atoms with van der Waals surface area (Å²) in [5.41, 5.74) is 0.368. The first-order valence-corrected chi connectivity index (χ1v) is 5.70. The van der Waals surface area contributed by atoms with Gasteiger partial charge in [0.05, 0.1) is 17.7 Å². The largest absolute Gasteiger partial charge is 0.388 e. The minimum atomic E-state index is -0.674. The van der Waals surface area contributed by atoms with Crippen molar-refractivity contribution in [3.8, 4) is 6.07 Å². The molecular weight excluding hydrogens is 186 g/mol. The molecule has 0 aliphatic heterocycles. The van der Waals surface area contributed by atoms with Gasteiger partial charge in [0.25, 0.3) is 0 Å². The van der Waals surface area contributed by atoms with E-state index in [0.717, 1.165) is 6.42 Å². The van der Waals surface area contributed by atoms with Crippen LogP contribution in [0.1, 0.15) is 52.9 Å². The number of rotatable bonds is 7. The third kappa shape index (κ3) is 6.30. The van der Waals surface area contributed by atoms with E-state index < -0.39 is 6.10 Å². The summed E-state index contributed by atoms with van der Waals surface area (Å²) in [5.74, 6) is 0. The highest BCUT2D eigenvalue weighted by atomic mass is 16.3. The minimum absolute atomic E-state index is 0.0916. The Kier molecular flexibility index (Phi) is 6.27. The van der Waals surface area contributed by atoms with Crippen molar-refractivity contribution in [1.29, 1.82) is 5.26 Å². The van der Waals surface area contributed by atoms with Crippen LogP contribution in [0.3, 0.4) is 0 Å². The number of nitriles is 1. The molecule has 2 nitrogen and oxygen atoms in total. The minimum Gasteiger partial charge on any atom is -0.388 e. The smallest absolute Gasteiger partial charge is 0.0968 e. The van der Waals surface area contributed by atoms with Gasteiger partial charge in [-0.25, -0.2) is 0 Å². The third-order valence-electron chi connectivity index (χ3n) is 2.75. The Bertz CT molecular complexity index is 237. The first kappa shape index (κ1) is 14.2. The summed E-state index contributed by atoms with van der Waals surface area (Å²) >= 11 is 0. The van der Waals surface area contributed by atoms with Crippen molar-refractivity contribution >= 4 is 0 Å². The van der Waals surface area contributed by atoms with Gasteiger partial charge in [0.2, 0.25) is 0 Å². The fourth-order valence-electron chi connectivity index (χ4n) is 1.68. The predicted octanol–water partition coefficient (Wildman–Crippen LogP) is 3.42. The van der Waals surface area contributed by atoms with Crippen molar-refractivity contribution < 1.29 is 5.11 Å². The summed E-state index contributed by atoms with van der Waals surface area (Å²) in [6.07, 6.45) is 4.68. The van der Waals surface area contributed by atoms with Gasteiger partial charge in [-0.2, -0.15) is 5.26 Å². The van der Waals surface area contributed by atoms with Crippen LogP contribution < -0.4 is 0 Å². The zero-order valence-corrected chi connectivity index (χ0v) is 10.2. The van der Waals surface area contributed by atoms with Crippen molar-refractivity contribution in [3.63, 3.8) is 0 Å². The van der Waals surface area contributed by atoms with Crippen molar-refractivity contribution in [2.75, 3.05) is 0 Å². The normalized spacial score (nSPS) is 13.3. The van der Waals surface area contributed by atoms with Crippen LogP contribution in [-0.4, -0.2) is 11.2 Å². The van der Waals surface area contributed by atoms with Gasteiger partial charge in [0.1, 0.15) is 0 Å². The van der Waals surface area contributed by atoms with Crippen molar-refractivity contribution in [2.24, 2.45) is 5.41 Å². The molecule has 0 fully saturated rings. The molecule has 0 aromatic rings. The quantitative estimate of drug-likeness (QED) is 0.515. The molecule has 0 spiro atoms. The number of hydrogen-bond acceptors (Lipinski definition) is 2. The van der Waals surface area contributed by atoms with Crippen LogP contribution in [0.4, 0.5) is 0 Å². The van der Waals surface area contributed by atoms with E-state index in [1.165, 1.54) is 19.3 Å². The third-order valence-corrected chi connectivity index (χ3v) is 2.75. The molecule has 86 valence electrons. The van der Waals surface area contributed by atoms with E-state index in [4.69, 9.17) is 5.26 Å². The Morgan fingerprint density at radius 1 is 1.47 bits per heavy atom. The molecular formula is C13H23NO. The number of aliphatic hydroxyl groups is 1. The molecule has 1 N–H and O–H groups in total. The van der Waals surface area contributed by atoms with Gasteiger partial charge in [-0.05, 0) is 18.3 Å². The van der Waals surface area contributed by atoms with E-state index in [2.05, 4.69) is 27.4 Å². The number of aliphatic hydroxyl groups excluding tert-OH is 1. The van der Waals surface area contributed by atoms with E-state index in [1.54, 1.807) is 0 Å². The lowest BCUT2D eigenvalue weighted by Crippen LogP contribution is -2.21. The van der Waals surface area contributed by atoms with Crippen LogP contribution in [0.2, 0.25) is 0 Å². The summed E-state index contributed by atoms with van der Waals surface area (Å²) in [5, 5.41) is 18.3. The van der Waals surface area contributed by atoms with Crippen molar-refractivity contribution in [2.45, 2.75) is 59.0 Å². The maximum Gasteiger partial charge on any atom is 0.0968 e. The van der Waals surface area contributed by atoms with E-state index >= 15 is 0 Å². The highest BCUT2D eigenvalue weighted by Gasteiger charge is 2.23. The fourth-order valence-corrected chi connectivity index (χ4v) is 1.68. The molecule has 0 amide bonds. The second kappa shape index (κ2) is 6.63. The van der Waals surface area contributed by atoms with E-state index in [1.807, 2.05) is 6.07 Å². The van der Waals surface area contributed by atoms with E-state index in [-0.39, 0.29) is 11.0 Å². The standard InChI is InChI=1S/C13H23NO/c1-5-6-7-8-13(3,4)9-12(15)11(2)10-14/h12,15H,2,5-9H2,1,3-4H3. The molecule has 0 radical (unpaired) electrons. The number of hydrogen-bond donors (Lipinski definition) is 1. The molecule has 0 aliphatic rings. The van der Waals surface area contributed by atoms with Crippen LogP contribution in [0.15, 0.2) is 12.2 Å². The predicted molar refractivity (Wildman–Crippen MR) is 63.3 cm³/mol. The molecule has 0 aromatic heterocycles. The van der Waals surface area contributed by atoms with Gasteiger partial charge < -0.3 is 5.11 Å². The molecule has 0 aromatic carbocycles. The highest BCUT2D eigenvalue weighted by Crippen LogP contribution is 2.30. The van der Waals surface area contributed by atoms with E-state index in [0.29, 0.717) is 6.42 Å². The van der Waals surface area contributed by atoms with Crippen LogP contribution in [-0.2, 0) is 0 Å². The van der Waals surface area contributed by atoms with Gasteiger partial charge in [0, 0.05) is 0 Å². The van der Waals surface area contributed by atoms with Crippen LogP contribution in [0.5, 0.6) is 0 Å². The molecule has 0 saturated heterocycles. The van der Waals surface area contributed by atoms with Crippen molar-refractivity contribution in [3.05, 3.63) is 12.2 Å². The Morgan fingerprint density at radius 2 is 2.07 bits per heavy atom. The Hall–Kier alpha value is -0.810. The molecule has 2 heteroatoms. The van der Waals surface area contributed by atoms with Gasteiger partial charge in [-0.3, -0.25) is 0 Å². The van der Waals surface area contributed by atoms with Gasteiger partial charge >= 0.3 is 0 Å². The monoisotopic (exact) mass is 209 g/mol. The summed E-state index contributed by atoms with van der Waals surface area (Å²) in [6.45, 7) is 9.99. The van der Waals surface area contributed by atoms with Gasteiger partial charge in [-0.15, -0.1) is 0 Å². The number of unbranched alkanes of at least 4 members (excludes halogenated alkanes) is 2. The van der Waals surface area contributed by atoms with Crippen LogP contribution in [0, 0.1) is 16.7 Å². The summed E-state index contributed by atoms with van der Waals surface area (Å²) in [4.78, 5) is 0. The highest BCUT2D eigenvalue weighted by molar-refractivity contribution is 5.20. The molecule has 1 atom stereocenters. The molecule has 0 heterocycles. The first-order valence-electron chi connectivity index (χ1n) is 5.70. The Morgan fingerprint density at radius 3 is 2.53 bits per heavy atom. The average Bonchev–Trinajstić information content (AvgIpc) is 2.16. The maximum atomic E-state index is 9.69. The Labute approximate surface area is 93.6 Å². The molecule has 1 unspecified atom stereocenters. The zero-order chi connectivity index (χ0) is 11.9. The second-order valence-electron chi connectivity index (χ2n) is 4.98. The molecule has 0 aliphatic carbocycles. The van der Waals surface area contributed by atoms with Crippen molar-refractivity contribution in [1.82, 2.24) is 0 Å². The summed E-state index contributed by atoms with van der Waals surface area (Å²) < 4.78 is 0. The lowest BCUT2D eigenvalue weighted by atomic mass is 9.80. The van der Waals surface area contributed by atoms with Crippen LogP contribution in [0.25, 0.3) is 0 Å². The summed E-state index contributed by atoms with van der Waals surface area (Å²) in [6, 6.07) is 1.91. The second-order valence-corrected chi connectivity index (χ2v) is 4.98. The lowest BCUT2D eigenvalue weighted by molar-refractivity contribution is 0.139. The summed E-state index contributed by atoms with van der Waals surface area (Å²) in [7, 11) is 0. The SMILES string of the molecule is C=C(C#N)C(O)CC(C)(C)CCCCC. The molecule has 0 saturated carbocycles. The maximum absolute atomic E-state index is 9.69. The molecule has 0 bridgehead atoms. The molecule has 0 rings (SSSR count). The first-order chi connectivity index (χ1) is 6.93. The lowest BCUT2D eigenvalue weighted by Gasteiger charge is -2.27. The fraction of sp³-hybridized carbons (Fsp3) is 0.769. The molecule has 15 heavy (non-hydrogen) atoms. The van der Waals surface area contributed by atoms with E-state index in [9.17, 15) is 5.11 Å². The van der Waals surface area contributed by atoms with Gasteiger partial charge in [0.15, 0.2) is 0 Å². The topological polar surface area (TPSA) is 44.0 Å². The van der Waals surface area contributed by atoms with Gasteiger partial charge in [-0.1, -0.05) is 46.6 Å². The Balaban J connectivity index is 4.02. The average molecular weight is 209 g/mol.